The Labute approximate surface area is 176 Å². The molecule has 1 aromatic heterocycles. The van der Waals surface area contributed by atoms with Crippen LogP contribution in [0.5, 0.6) is 0 Å². The second-order valence-electron chi connectivity index (χ2n) is 7.77. The first kappa shape index (κ1) is 19.8. The molecular weight excluding hydrogens is 374 g/mol. The van der Waals surface area contributed by atoms with Crippen molar-refractivity contribution in [1.29, 1.82) is 0 Å². The molecule has 2 amide bonds. The highest BCUT2D eigenvalue weighted by Gasteiger charge is 2.35. The van der Waals surface area contributed by atoms with E-state index in [4.69, 9.17) is 0 Å². The topological polar surface area (TPSA) is 62.3 Å². The second kappa shape index (κ2) is 8.91. The number of likely N-dealkylation sites (tertiary alicyclic amines) is 1. The molecule has 1 N–H and O–H groups in total. The highest BCUT2D eigenvalue weighted by atomic mass is 16.2. The van der Waals surface area contributed by atoms with Gasteiger partial charge in [0.1, 0.15) is 0 Å². The van der Waals surface area contributed by atoms with Crippen LogP contribution in [0.3, 0.4) is 0 Å². The highest BCUT2D eigenvalue weighted by Crippen LogP contribution is 2.24. The molecule has 0 radical (unpaired) electrons. The molecule has 3 aromatic rings. The summed E-state index contributed by atoms with van der Waals surface area (Å²) in [5.41, 5.74) is 4.00. The van der Waals surface area contributed by atoms with Crippen molar-refractivity contribution in [3.63, 3.8) is 0 Å². The molecule has 2 unspecified atom stereocenters. The Morgan fingerprint density at radius 1 is 1.07 bits per heavy atom. The van der Waals surface area contributed by atoms with Gasteiger partial charge in [-0.2, -0.15) is 0 Å². The molecule has 5 heteroatoms. The molecule has 4 rings (SSSR count). The van der Waals surface area contributed by atoms with Gasteiger partial charge in [-0.1, -0.05) is 66.2 Å². The molecule has 1 aliphatic rings. The van der Waals surface area contributed by atoms with Crippen molar-refractivity contribution in [3.05, 3.63) is 101 Å². The first-order chi connectivity index (χ1) is 14.6. The first-order valence-electron chi connectivity index (χ1n) is 10.2. The molecule has 0 aliphatic carbocycles. The normalized spacial score (nSPS) is 17.0. The van der Waals surface area contributed by atoms with Gasteiger partial charge in [0.15, 0.2) is 0 Å². The minimum Gasteiger partial charge on any atom is -0.343 e. The SMILES string of the molecule is Cc1ccc(CN2CC(C(=O)NC(c3ccccc3)c3ccccn3)CC2=O)cc1. The number of nitrogens with one attached hydrogen (secondary N) is 1. The number of benzene rings is 2. The molecule has 0 spiro atoms. The number of carbonyl (C=O) groups excluding carboxylic acids is 2. The van der Waals surface area contributed by atoms with Gasteiger partial charge >= 0.3 is 0 Å². The second-order valence-corrected chi connectivity index (χ2v) is 7.77. The van der Waals surface area contributed by atoms with Gasteiger partial charge in [-0.05, 0) is 30.2 Å². The summed E-state index contributed by atoms with van der Waals surface area (Å²) < 4.78 is 0. The molecule has 2 atom stereocenters. The predicted molar refractivity (Wildman–Crippen MR) is 115 cm³/mol. The molecule has 2 heterocycles. The third kappa shape index (κ3) is 4.57. The van der Waals surface area contributed by atoms with E-state index in [9.17, 15) is 9.59 Å². The van der Waals surface area contributed by atoms with Gasteiger partial charge in [0.05, 0.1) is 17.7 Å². The minimum atomic E-state index is -0.363. The fourth-order valence-corrected chi connectivity index (χ4v) is 3.79. The average Bonchev–Trinajstić information content (AvgIpc) is 3.15. The van der Waals surface area contributed by atoms with E-state index in [1.54, 1.807) is 11.1 Å². The van der Waals surface area contributed by atoms with Gasteiger partial charge in [0.2, 0.25) is 11.8 Å². The third-order valence-corrected chi connectivity index (χ3v) is 5.48. The van der Waals surface area contributed by atoms with E-state index in [1.807, 2.05) is 79.7 Å². The Hall–Kier alpha value is -3.47. The number of pyridine rings is 1. The van der Waals surface area contributed by atoms with E-state index in [-0.39, 0.29) is 30.2 Å². The molecule has 1 saturated heterocycles. The Morgan fingerprint density at radius 2 is 1.80 bits per heavy atom. The number of aryl methyl sites for hydroxylation is 1. The molecule has 5 nitrogen and oxygen atoms in total. The van der Waals surface area contributed by atoms with Gasteiger partial charge in [-0.25, -0.2) is 0 Å². The van der Waals surface area contributed by atoms with Crippen LogP contribution in [0.1, 0.15) is 34.8 Å². The van der Waals surface area contributed by atoms with Crippen LogP contribution < -0.4 is 5.32 Å². The standard InChI is InChI=1S/C25H25N3O2/c1-18-10-12-19(13-11-18)16-28-17-21(15-23(28)29)25(30)27-24(20-7-3-2-4-8-20)22-9-5-6-14-26-22/h2-14,21,24H,15-17H2,1H3,(H,27,30). The van der Waals surface area contributed by atoms with Gasteiger partial charge in [0, 0.05) is 25.7 Å². The lowest BCUT2D eigenvalue weighted by Crippen LogP contribution is -2.36. The third-order valence-electron chi connectivity index (χ3n) is 5.48. The molecular formula is C25H25N3O2. The number of carbonyl (C=O) groups is 2. The van der Waals surface area contributed by atoms with Gasteiger partial charge < -0.3 is 10.2 Å². The van der Waals surface area contributed by atoms with Crippen molar-refractivity contribution in [2.24, 2.45) is 5.92 Å². The summed E-state index contributed by atoms with van der Waals surface area (Å²) in [6, 6.07) is 23.2. The summed E-state index contributed by atoms with van der Waals surface area (Å²) in [5, 5.41) is 3.12. The maximum Gasteiger partial charge on any atom is 0.226 e. The van der Waals surface area contributed by atoms with Crippen molar-refractivity contribution in [1.82, 2.24) is 15.2 Å². The molecule has 1 aliphatic heterocycles. The zero-order chi connectivity index (χ0) is 20.9. The Kier molecular flexibility index (Phi) is 5.89. The summed E-state index contributed by atoms with van der Waals surface area (Å²) >= 11 is 0. The van der Waals surface area contributed by atoms with Crippen molar-refractivity contribution >= 4 is 11.8 Å². The summed E-state index contributed by atoms with van der Waals surface area (Å²) in [4.78, 5) is 31.8. The molecule has 1 fully saturated rings. The lowest BCUT2D eigenvalue weighted by Gasteiger charge is -2.21. The van der Waals surface area contributed by atoms with Gasteiger partial charge in [-0.15, -0.1) is 0 Å². The van der Waals surface area contributed by atoms with Crippen LogP contribution in [0.15, 0.2) is 79.0 Å². The highest BCUT2D eigenvalue weighted by molar-refractivity contribution is 5.89. The van der Waals surface area contributed by atoms with Crippen LogP contribution in [0, 0.1) is 12.8 Å². The number of rotatable bonds is 6. The number of hydrogen-bond acceptors (Lipinski definition) is 3. The molecule has 0 bridgehead atoms. The van der Waals surface area contributed by atoms with Crippen LogP contribution >= 0.6 is 0 Å². The van der Waals surface area contributed by atoms with Gasteiger partial charge in [0.25, 0.3) is 0 Å². The Balaban J connectivity index is 1.46. The number of aromatic nitrogens is 1. The van der Waals surface area contributed by atoms with Crippen LogP contribution in [0.4, 0.5) is 0 Å². The van der Waals surface area contributed by atoms with Crippen molar-refractivity contribution in [2.75, 3.05) is 6.54 Å². The van der Waals surface area contributed by atoms with E-state index in [0.29, 0.717) is 13.1 Å². The largest absolute Gasteiger partial charge is 0.343 e. The maximum atomic E-state index is 13.1. The van der Waals surface area contributed by atoms with Crippen LogP contribution in [0.25, 0.3) is 0 Å². The van der Waals surface area contributed by atoms with Gasteiger partial charge in [-0.3, -0.25) is 14.6 Å². The van der Waals surface area contributed by atoms with Crippen molar-refractivity contribution < 1.29 is 9.59 Å². The quantitative estimate of drug-likeness (QED) is 0.688. The monoisotopic (exact) mass is 399 g/mol. The Morgan fingerprint density at radius 3 is 2.50 bits per heavy atom. The summed E-state index contributed by atoms with van der Waals surface area (Å²) in [6.07, 6.45) is 1.96. The molecule has 2 aromatic carbocycles. The van der Waals surface area contributed by atoms with Crippen LogP contribution in [-0.4, -0.2) is 28.2 Å². The molecule has 0 saturated carbocycles. The fraction of sp³-hybridized carbons (Fsp3) is 0.240. The lowest BCUT2D eigenvalue weighted by atomic mass is 10.0. The maximum absolute atomic E-state index is 13.1. The lowest BCUT2D eigenvalue weighted by molar-refractivity contribution is -0.129. The fourth-order valence-electron chi connectivity index (χ4n) is 3.79. The minimum absolute atomic E-state index is 0.0184. The zero-order valence-electron chi connectivity index (χ0n) is 17.0. The van der Waals surface area contributed by atoms with E-state index < -0.39 is 0 Å². The number of amides is 2. The molecule has 152 valence electrons. The zero-order valence-corrected chi connectivity index (χ0v) is 17.0. The predicted octanol–water partition coefficient (Wildman–Crippen LogP) is 3.64. The number of nitrogens with zero attached hydrogens (tertiary/aromatic N) is 2. The summed E-state index contributed by atoms with van der Waals surface area (Å²) in [5.74, 6) is -0.461. The smallest absolute Gasteiger partial charge is 0.226 e. The van der Waals surface area contributed by atoms with E-state index >= 15 is 0 Å². The van der Waals surface area contributed by atoms with E-state index in [0.717, 1.165) is 16.8 Å². The average molecular weight is 399 g/mol. The summed E-state index contributed by atoms with van der Waals surface area (Å²) in [6.45, 7) is 3.00. The van der Waals surface area contributed by atoms with E-state index in [2.05, 4.69) is 10.3 Å². The van der Waals surface area contributed by atoms with Crippen molar-refractivity contribution in [2.45, 2.75) is 25.9 Å². The van der Waals surface area contributed by atoms with E-state index in [1.165, 1.54) is 5.56 Å². The van der Waals surface area contributed by atoms with Crippen LogP contribution in [0.2, 0.25) is 0 Å². The first-order valence-corrected chi connectivity index (χ1v) is 10.2. The van der Waals surface area contributed by atoms with Crippen molar-refractivity contribution in [3.8, 4) is 0 Å². The Bertz CT molecular complexity index is 964. The summed E-state index contributed by atoms with van der Waals surface area (Å²) in [7, 11) is 0. The van der Waals surface area contributed by atoms with Crippen LogP contribution in [-0.2, 0) is 16.1 Å². The molecule has 30 heavy (non-hydrogen) atoms. The number of hydrogen-bond donors (Lipinski definition) is 1.